The SMILES string of the molecule is COCCOCCOCCOc1nc(NCc2ccc(OC)cc2)c2ccccc2n1. The van der Waals surface area contributed by atoms with Gasteiger partial charge in [0.15, 0.2) is 0 Å². The highest BCUT2D eigenvalue weighted by molar-refractivity contribution is 5.89. The lowest BCUT2D eigenvalue weighted by Crippen LogP contribution is -2.13. The third kappa shape index (κ3) is 7.36. The summed E-state index contributed by atoms with van der Waals surface area (Å²) in [7, 11) is 3.30. The number of nitrogens with one attached hydrogen (secondary N) is 1. The number of anilines is 1. The smallest absolute Gasteiger partial charge is 0.319 e. The Labute approximate surface area is 182 Å². The molecule has 8 heteroatoms. The molecule has 2 aromatic carbocycles. The van der Waals surface area contributed by atoms with E-state index in [2.05, 4.69) is 15.3 Å². The molecule has 0 unspecified atom stereocenters. The summed E-state index contributed by atoms with van der Waals surface area (Å²) in [4.78, 5) is 9.05. The predicted octanol–water partition coefficient (Wildman–Crippen LogP) is 3.31. The van der Waals surface area contributed by atoms with Crippen LogP contribution in [-0.4, -0.2) is 63.8 Å². The number of fused-ring (bicyclic) bond motifs is 1. The van der Waals surface area contributed by atoms with E-state index >= 15 is 0 Å². The number of hydrogen-bond acceptors (Lipinski definition) is 8. The molecule has 3 rings (SSSR count). The van der Waals surface area contributed by atoms with Gasteiger partial charge < -0.3 is 29.0 Å². The molecule has 1 N–H and O–H groups in total. The van der Waals surface area contributed by atoms with Gasteiger partial charge in [-0.1, -0.05) is 24.3 Å². The van der Waals surface area contributed by atoms with Crippen LogP contribution in [0.2, 0.25) is 0 Å². The van der Waals surface area contributed by atoms with Gasteiger partial charge in [0.05, 0.1) is 45.7 Å². The van der Waals surface area contributed by atoms with E-state index in [9.17, 15) is 0 Å². The maximum atomic E-state index is 5.72. The van der Waals surface area contributed by atoms with Crippen molar-refractivity contribution in [1.29, 1.82) is 0 Å². The topological polar surface area (TPSA) is 84.0 Å². The zero-order valence-electron chi connectivity index (χ0n) is 18.0. The lowest BCUT2D eigenvalue weighted by molar-refractivity contribution is 0.0173. The van der Waals surface area contributed by atoms with Crippen LogP contribution in [-0.2, 0) is 20.8 Å². The molecule has 0 bridgehead atoms. The van der Waals surface area contributed by atoms with E-state index in [-0.39, 0.29) is 0 Å². The van der Waals surface area contributed by atoms with Gasteiger partial charge in [0.2, 0.25) is 0 Å². The van der Waals surface area contributed by atoms with E-state index in [1.54, 1.807) is 14.2 Å². The van der Waals surface area contributed by atoms with Crippen LogP contribution in [0, 0.1) is 0 Å². The Bertz CT molecular complexity index is 921. The van der Waals surface area contributed by atoms with Crippen LogP contribution in [0.1, 0.15) is 5.56 Å². The molecule has 0 aliphatic heterocycles. The van der Waals surface area contributed by atoms with E-state index in [1.807, 2.05) is 48.5 Å². The number of nitrogens with zero attached hydrogens (tertiary/aromatic N) is 2. The van der Waals surface area contributed by atoms with Crippen molar-refractivity contribution in [2.45, 2.75) is 6.54 Å². The number of benzene rings is 2. The van der Waals surface area contributed by atoms with Crippen molar-refractivity contribution in [3.8, 4) is 11.8 Å². The van der Waals surface area contributed by atoms with Crippen LogP contribution in [0.25, 0.3) is 10.9 Å². The zero-order valence-corrected chi connectivity index (χ0v) is 18.0. The molecule has 1 aromatic heterocycles. The van der Waals surface area contributed by atoms with Gasteiger partial charge in [0.1, 0.15) is 18.2 Å². The molecule has 0 fully saturated rings. The van der Waals surface area contributed by atoms with Crippen LogP contribution < -0.4 is 14.8 Å². The summed E-state index contributed by atoms with van der Waals surface area (Å²) in [6.45, 7) is 3.57. The number of aromatic nitrogens is 2. The number of ether oxygens (including phenoxy) is 5. The Morgan fingerprint density at radius 3 is 2.23 bits per heavy atom. The van der Waals surface area contributed by atoms with Crippen LogP contribution in [0.15, 0.2) is 48.5 Å². The first-order valence-electron chi connectivity index (χ1n) is 10.2. The van der Waals surface area contributed by atoms with E-state index in [4.69, 9.17) is 23.7 Å². The van der Waals surface area contributed by atoms with Gasteiger partial charge in [-0.25, -0.2) is 0 Å². The van der Waals surface area contributed by atoms with Crippen LogP contribution in [0.5, 0.6) is 11.8 Å². The molecular formula is C23H29N3O5. The van der Waals surface area contributed by atoms with Crippen molar-refractivity contribution in [3.63, 3.8) is 0 Å². The third-order valence-electron chi connectivity index (χ3n) is 4.46. The quantitative estimate of drug-likeness (QED) is 0.392. The molecule has 0 aliphatic rings. The molecule has 3 aromatic rings. The normalized spacial score (nSPS) is 10.9. The Morgan fingerprint density at radius 2 is 1.48 bits per heavy atom. The number of methoxy groups -OCH3 is 2. The lowest BCUT2D eigenvalue weighted by atomic mass is 10.2. The molecular weight excluding hydrogens is 398 g/mol. The van der Waals surface area contributed by atoms with Crippen LogP contribution >= 0.6 is 0 Å². The largest absolute Gasteiger partial charge is 0.497 e. The zero-order chi connectivity index (χ0) is 21.7. The molecule has 31 heavy (non-hydrogen) atoms. The van der Waals surface area contributed by atoms with Crippen LogP contribution in [0.3, 0.4) is 0 Å². The maximum Gasteiger partial charge on any atom is 0.319 e. The van der Waals surface area contributed by atoms with Gasteiger partial charge in [0.25, 0.3) is 0 Å². The summed E-state index contributed by atoms with van der Waals surface area (Å²) < 4.78 is 26.7. The van der Waals surface area contributed by atoms with E-state index in [0.717, 1.165) is 28.0 Å². The monoisotopic (exact) mass is 427 g/mol. The van der Waals surface area contributed by atoms with E-state index in [0.29, 0.717) is 52.2 Å². The fourth-order valence-electron chi connectivity index (χ4n) is 2.84. The predicted molar refractivity (Wildman–Crippen MR) is 119 cm³/mol. The van der Waals surface area contributed by atoms with Gasteiger partial charge in [0, 0.05) is 19.0 Å². The summed E-state index contributed by atoms with van der Waals surface area (Å²) in [5.74, 6) is 1.56. The van der Waals surface area contributed by atoms with Gasteiger partial charge in [-0.2, -0.15) is 9.97 Å². The van der Waals surface area contributed by atoms with E-state index < -0.39 is 0 Å². The first-order chi connectivity index (χ1) is 15.3. The van der Waals surface area contributed by atoms with Gasteiger partial charge in [-0.3, -0.25) is 0 Å². The highest BCUT2D eigenvalue weighted by Crippen LogP contribution is 2.23. The number of para-hydroxylation sites is 1. The minimum Gasteiger partial charge on any atom is -0.497 e. The molecule has 0 atom stereocenters. The standard InChI is InChI=1S/C23H29N3O5/c1-27-11-12-29-13-14-30-15-16-31-23-25-21-6-4-3-5-20(21)22(26-23)24-17-18-7-9-19(28-2)10-8-18/h3-10H,11-17H2,1-2H3,(H,24,25,26). The second kappa shape index (κ2) is 12.7. The summed E-state index contributed by atoms with van der Waals surface area (Å²) in [6, 6.07) is 16.1. The molecule has 0 radical (unpaired) electrons. The second-order valence-corrected chi connectivity index (χ2v) is 6.64. The first kappa shape index (κ1) is 22.7. The fraction of sp³-hybridized carbons (Fsp3) is 0.391. The summed E-state index contributed by atoms with van der Waals surface area (Å²) in [5, 5.41) is 4.32. The number of hydrogen-bond donors (Lipinski definition) is 1. The van der Waals surface area contributed by atoms with Crippen molar-refractivity contribution < 1.29 is 23.7 Å². The number of rotatable bonds is 14. The molecule has 0 saturated carbocycles. The highest BCUT2D eigenvalue weighted by Gasteiger charge is 2.08. The Morgan fingerprint density at radius 1 is 0.774 bits per heavy atom. The minimum atomic E-state index is 0.316. The first-order valence-corrected chi connectivity index (χ1v) is 10.2. The van der Waals surface area contributed by atoms with Crippen molar-refractivity contribution in [2.24, 2.45) is 0 Å². The minimum absolute atomic E-state index is 0.316. The van der Waals surface area contributed by atoms with Crippen molar-refractivity contribution in [1.82, 2.24) is 9.97 Å². The average Bonchev–Trinajstić information content (AvgIpc) is 2.81. The maximum absolute atomic E-state index is 5.72. The third-order valence-corrected chi connectivity index (χ3v) is 4.46. The van der Waals surface area contributed by atoms with Gasteiger partial charge >= 0.3 is 6.01 Å². The molecule has 0 aliphatic carbocycles. The molecule has 0 spiro atoms. The summed E-state index contributed by atoms with van der Waals surface area (Å²) >= 11 is 0. The average molecular weight is 428 g/mol. The van der Waals surface area contributed by atoms with Crippen LogP contribution in [0.4, 0.5) is 5.82 Å². The summed E-state index contributed by atoms with van der Waals surface area (Å²) in [6.07, 6.45) is 0. The van der Waals surface area contributed by atoms with E-state index in [1.165, 1.54) is 0 Å². The van der Waals surface area contributed by atoms with Crippen molar-refractivity contribution >= 4 is 16.7 Å². The van der Waals surface area contributed by atoms with Crippen molar-refractivity contribution in [3.05, 3.63) is 54.1 Å². The van der Waals surface area contributed by atoms with Gasteiger partial charge in [-0.05, 0) is 29.8 Å². The molecule has 8 nitrogen and oxygen atoms in total. The van der Waals surface area contributed by atoms with Crippen molar-refractivity contribution in [2.75, 3.05) is 59.2 Å². The summed E-state index contributed by atoms with van der Waals surface area (Å²) in [5.41, 5.74) is 1.93. The Kier molecular flexibility index (Phi) is 9.31. The molecule has 1 heterocycles. The van der Waals surface area contributed by atoms with Gasteiger partial charge in [-0.15, -0.1) is 0 Å². The molecule has 0 saturated heterocycles. The molecule has 166 valence electrons. The Balaban J connectivity index is 1.53. The second-order valence-electron chi connectivity index (χ2n) is 6.64. The lowest BCUT2D eigenvalue weighted by Gasteiger charge is -2.12. The fourth-order valence-corrected chi connectivity index (χ4v) is 2.84. The molecule has 0 amide bonds. The Hall–Kier alpha value is -2.94. The highest BCUT2D eigenvalue weighted by atomic mass is 16.6.